The van der Waals surface area contributed by atoms with Gasteiger partial charge >= 0.3 is 12.0 Å². The van der Waals surface area contributed by atoms with Crippen molar-refractivity contribution >= 4 is 17.7 Å². The number of urea groups is 1. The summed E-state index contributed by atoms with van der Waals surface area (Å²) >= 11 is 0. The number of carbonyl (C=O) groups excluding carboxylic acids is 1. The summed E-state index contributed by atoms with van der Waals surface area (Å²) in [5.74, 6) is -0.687. The Morgan fingerprint density at radius 1 is 1.52 bits per heavy atom. The van der Waals surface area contributed by atoms with Crippen LogP contribution in [0.4, 0.5) is 10.5 Å². The number of hydrogen-bond acceptors (Lipinski definition) is 3. The molecule has 1 unspecified atom stereocenters. The molecular weight excluding hydrogens is 272 g/mol. The minimum atomic E-state index is -1.09. The number of amides is 2. The Bertz CT molecular complexity index is 558. The fraction of sp³-hybridized carbons (Fsp3) is 0.333. The second-order valence-electron chi connectivity index (χ2n) is 4.63. The maximum Gasteiger partial charge on any atom is 0.346 e. The van der Waals surface area contributed by atoms with Gasteiger partial charge in [-0.25, -0.2) is 9.59 Å². The molecule has 21 heavy (non-hydrogen) atoms. The van der Waals surface area contributed by atoms with E-state index in [1.165, 1.54) is 4.90 Å². The third-order valence-electron chi connectivity index (χ3n) is 3.28. The van der Waals surface area contributed by atoms with Gasteiger partial charge in [-0.3, -0.25) is 4.90 Å². The number of aliphatic carboxylic acids is 1. The zero-order chi connectivity index (χ0) is 15.4. The number of hydrogen-bond donors (Lipinski definition) is 1. The van der Waals surface area contributed by atoms with E-state index in [9.17, 15) is 9.59 Å². The topological polar surface area (TPSA) is 70.1 Å². The summed E-state index contributed by atoms with van der Waals surface area (Å²) in [4.78, 5) is 26.9. The summed E-state index contributed by atoms with van der Waals surface area (Å²) in [6.45, 7) is 6.41. The van der Waals surface area contributed by atoms with Crippen LogP contribution in [0.3, 0.4) is 0 Å². The lowest BCUT2D eigenvalue weighted by Crippen LogP contribution is -2.51. The van der Waals surface area contributed by atoms with Gasteiger partial charge in [0.2, 0.25) is 6.10 Å². The molecule has 0 aliphatic carbocycles. The summed E-state index contributed by atoms with van der Waals surface area (Å²) in [6.07, 6.45) is 0.578. The van der Waals surface area contributed by atoms with Crippen molar-refractivity contribution in [3.05, 3.63) is 36.9 Å². The molecule has 6 heteroatoms. The van der Waals surface area contributed by atoms with Gasteiger partial charge in [-0.2, -0.15) is 0 Å². The van der Waals surface area contributed by atoms with E-state index in [-0.39, 0.29) is 12.6 Å². The Morgan fingerprint density at radius 2 is 2.24 bits per heavy atom. The van der Waals surface area contributed by atoms with Crippen LogP contribution in [0.15, 0.2) is 36.9 Å². The molecule has 1 atom stereocenters. The molecule has 1 heterocycles. The van der Waals surface area contributed by atoms with E-state index >= 15 is 0 Å². The number of carbonyl (C=O) groups is 2. The second kappa shape index (κ2) is 6.30. The first-order chi connectivity index (χ1) is 10.1. The molecule has 2 amide bonds. The second-order valence-corrected chi connectivity index (χ2v) is 4.63. The van der Waals surface area contributed by atoms with Crippen molar-refractivity contribution in [1.82, 2.24) is 4.90 Å². The minimum absolute atomic E-state index is 0.0151. The number of carboxylic acids is 1. The molecule has 1 aliphatic heterocycles. The van der Waals surface area contributed by atoms with Crippen molar-refractivity contribution in [3.63, 3.8) is 0 Å². The maximum absolute atomic E-state index is 12.6. The van der Waals surface area contributed by atoms with Gasteiger partial charge in [0.05, 0.1) is 12.2 Å². The summed E-state index contributed by atoms with van der Waals surface area (Å²) in [6, 6.07) is 6.68. The lowest BCUT2D eigenvalue weighted by molar-refractivity contribution is -0.144. The van der Waals surface area contributed by atoms with Gasteiger partial charge in [-0.15, -0.1) is 6.58 Å². The van der Waals surface area contributed by atoms with Crippen LogP contribution in [0.25, 0.3) is 0 Å². The SMILES string of the molecule is C=CCN(CC)C(=O)N1CC(C(=O)O)Oc2ccccc21. The molecule has 0 aromatic heterocycles. The number of anilines is 1. The Kier molecular flexibility index (Phi) is 4.47. The van der Waals surface area contributed by atoms with Crippen LogP contribution >= 0.6 is 0 Å². The molecule has 0 spiro atoms. The Balaban J connectivity index is 2.34. The average molecular weight is 290 g/mol. The van der Waals surface area contributed by atoms with Crippen molar-refractivity contribution in [3.8, 4) is 5.75 Å². The average Bonchev–Trinajstić information content (AvgIpc) is 2.50. The van der Waals surface area contributed by atoms with Crippen LogP contribution in [0.5, 0.6) is 5.75 Å². The molecule has 2 rings (SSSR count). The van der Waals surface area contributed by atoms with Crippen molar-refractivity contribution in [2.24, 2.45) is 0 Å². The number of carboxylic acid groups (broad SMARTS) is 1. The fourth-order valence-electron chi connectivity index (χ4n) is 2.21. The minimum Gasteiger partial charge on any atom is -0.478 e. The molecule has 1 aromatic rings. The number of para-hydroxylation sites is 2. The quantitative estimate of drug-likeness (QED) is 0.861. The van der Waals surface area contributed by atoms with Gasteiger partial charge < -0.3 is 14.7 Å². The van der Waals surface area contributed by atoms with Gasteiger partial charge in [0, 0.05) is 13.1 Å². The van der Waals surface area contributed by atoms with E-state index < -0.39 is 12.1 Å². The zero-order valence-corrected chi connectivity index (χ0v) is 11.9. The van der Waals surface area contributed by atoms with Crippen LogP contribution in [0.2, 0.25) is 0 Å². The van der Waals surface area contributed by atoms with E-state index in [1.54, 1.807) is 35.2 Å². The van der Waals surface area contributed by atoms with Gasteiger partial charge in [0.1, 0.15) is 5.75 Å². The van der Waals surface area contributed by atoms with E-state index in [2.05, 4.69) is 6.58 Å². The molecule has 1 N–H and O–H groups in total. The zero-order valence-electron chi connectivity index (χ0n) is 11.9. The first-order valence-corrected chi connectivity index (χ1v) is 6.74. The fourth-order valence-corrected chi connectivity index (χ4v) is 2.21. The van der Waals surface area contributed by atoms with Crippen LogP contribution in [0, 0.1) is 0 Å². The van der Waals surface area contributed by atoms with Crippen LogP contribution in [0.1, 0.15) is 6.92 Å². The number of benzene rings is 1. The smallest absolute Gasteiger partial charge is 0.346 e. The van der Waals surface area contributed by atoms with E-state index in [0.29, 0.717) is 24.5 Å². The van der Waals surface area contributed by atoms with E-state index in [1.807, 2.05) is 6.92 Å². The van der Waals surface area contributed by atoms with Crippen molar-refractivity contribution in [2.45, 2.75) is 13.0 Å². The largest absolute Gasteiger partial charge is 0.478 e. The predicted molar refractivity (Wildman–Crippen MR) is 78.7 cm³/mol. The van der Waals surface area contributed by atoms with Crippen LogP contribution in [-0.2, 0) is 4.79 Å². The standard InChI is InChI=1S/C15H18N2O4/c1-3-9-16(4-2)15(20)17-10-13(14(18)19)21-12-8-6-5-7-11(12)17/h3,5-8,13H,1,4,9-10H2,2H3,(H,18,19). The van der Waals surface area contributed by atoms with Crippen LogP contribution < -0.4 is 9.64 Å². The number of rotatable bonds is 4. The highest BCUT2D eigenvalue weighted by molar-refractivity contribution is 5.95. The van der Waals surface area contributed by atoms with E-state index in [4.69, 9.17) is 9.84 Å². The molecule has 112 valence electrons. The van der Waals surface area contributed by atoms with E-state index in [0.717, 1.165) is 0 Å². The molecule has 1 aliphatic rings. The normalized spacial score (nSPS) is 16.6. The Hall–Kier alpha value is -2.50. The van der Waals surface area contributed by atoms with Crippen molar-refractivity contribution < 1.29 is 19.4 Å². The highest BCUT2D eigenvalue weighted by Crippen LogP contribution is 2.33. The first-order valence-electron chi connectivity index (χ1n) is 6.74. The van der Waals surface area contributed by atoms with Gasteiger partial charge in [-0.1, -0.05) is 18.2 Å². The predicted octanol–water partition coefficient (Wildman–Crippen LogP) is 1.97. The number of likely N-dealkylation sites (N-methyl/N-ethyl adjacent to an activating group) is 1. The molecule has 0 fully saturated rings. The van der Waals surface area contributed by atoms with Crippen molar-refractivity contribution in [2.75, 3.05) is 24.5 Å². The molecule has 0 radical (unpaired) electrons. The highest BCUT2D eigenvalue weighted by Gasteiger charge is 2.34. The molecule has 0 saturated carbocycles. The number of ether oxygens (including phenoxy) is 1. The van der Waals surface area contributed by atoms with Gasteiger partial charge in [-0.05, 0) is 19.1 Å². The molecule has 0 bridgehead atoms. The monoisotopic (exact) mass is 290 g/mol. The number of fused-ring (bicyclic) bond motifs is 1. The molecular formula is C15H18N2O4. The molecule has 1 aromatic carbocycles. The lowest BCUT2D eigenvalue weighted by atomic mass is 10.2. The summed E-state index contributed by atoms with van der Waals surface area (Å²) in [5, 5.41) is 9.17. The lowest BCUT2D eigenvalue weighted by Gasteiger charge is -2.35. The summed E-state index contributed by atoms with van der Waals surface area (Å²) < 4.78 is 5.42. The van der Waals surface area contributed by atoms with Crippen LogP contribution in [-0.4, -0.2) is 47.7 Å². The Labute approximate surface area is 123 Å². The molecule has 6 nitrogen and oxygen atoms in total. The van der Waals surface area contributed by atoms with Gasteiger partial charge in [0.15, 0.2) is 0 Å². The maximum atomic E-state index is 12.6. The third kappa shape index (κ3) is 2.99. The first kappa shape index (κ1) is 14.9. The van der Waals surface area contributed by atoms with Crippen molar-refractivity contribution in [1.29, 1.82) is 0 Å². The van der Waals surface area contributed by atoms with Gasteiger partial charge in [0.25, 0.3) is 0 Å². The number of nitrogens with zero attached hydrogens (tertiary/aromatic N) is 2. The highest BCUT2D eigenvalue weighted by atomic mass is 16.5. The summed E-state index contributed by atoms with van der Waals surface area (Å²) in [5.41, 5.74) is 0.586. The Morgan fingerprint density at radius 3 is 2.86 bits per heavy atom. The summed E-state index contributed by atoms with van der Waals surface area (Å²) in [7, 11) is 0. The third-order valence-corrected chi connectivity index (χ3v) is 3.28. The molecule has 0 saturated heterocycles.